The van der Waals surface area contributed by atoms with Crippen molar-refractivity contribution < 1.29 is 9.90 Å². The molecule has 66 valence electrons. The molecule has 0 spiro atoms. The minimum absolute atomic E-state index is 0.177. The average molecular weight is 194 g/mol. The molecule has 5 heteroatoms. The minimum Gasteiger partial charge on any atom is -0.478 e. The van der Waals surface area contributed by atoms with Crippen LogP contribution in [0.4, 0.5) is 5.69 Å². The Labute approximate surface area is 77.6 Å². The van der Waals surface area contributed by atoms with Crippen LogP contribution in [0.3, 0.4) is 0 Å². The molecule has 1 heterocycles. The molecular weight excluding hydrogens is 188 g/mol. The van der Waals surface area contributed by atoms with Gasteiger partial charge in [-0.15, -0.1) is 11.3 Å². The highest BCUT2D eigenvalue weighted by Crippen LogP contribution is 2.25. The third-order valence-electron chi connectivity index (χ3n) is 1.71. The highest BCUT2D eigenvalue weighted by atomic mass is 32.1. The molecule has 0 amide bonds. The van der Waals surface area contributed by atoms with Gasteiger partial charge in [0.2, 0.25) is 0 Å². The summed E-state index contributed by atoms with van der Waals surface area (Å²) in [6, 6.07) is 2.97. The number of nitrogens with zero attached hydrogens (tertiary/aromatic N) is 1. The summed E-state index contributed by atoms with van der Waals surface area (Å²) in [6.07, 6.45) is 0. The van der Waals surface area contributed by atoms with Gasteiger partial charge < -0.3 is 10.8 Å². The number of nitrogen functional groups attached to an aromatic ring is 1. The predicted octanol–water partition coefficient (Wildman–Crippen LogP) is 1.58. The van der Waals surface area contributed by atoms with Crippen LogP contribution in [-0.2, 0) is 0 Å². The number of fused-ring (bicyclic) bond motifs is 1. The summed E-state index contributed by atoms with van der Waals surface area (Å²) >= 11 is 1.41. The first kappa shape index (κ1) is 8.00. The van der Waals surface area contributed by atoms with Gasteiger partial charge in [0.05, 0.1) is 27.0 Å². The Morgan fingerprint density at radius 3 is 3.00 bits per heavy atom. The third-order valence-corrected chi connectivity index (χ3v) is 2.60. The minimum atomic E-state index is -0.985. The smallest absolute Gasteiger partial charge is 0.335 e. The maximum atomic E-state index is 10.6. The number of rotatable bonds is 1. The number of carboxylic acids is 1. The van der Waals surface area contributed by atoms with Gasteiger partial charge in [0.25, 0.3) is 0 Å². The van der Waals surface area contributed by atoms with Crippen LogP contribution in [0.25, 0.3) is 10.2 Å². The highest BCUT2D eigenvalue weighted by molar-refractivity contribution is 7.17. The number of anilines is 1. The van der Waals surface area contributed by atoms with Crippen LogP contribution in [0.1, 0.15) is 10.4 Å². The zero-order chi connectivity index (χ0) is 9.42. The summed E-state index contributed by atoms with van der Waals surface area (Å²) in [5.74, 6) is -0.985. The van der Waals surface area contributed by atoms with Gasteiger partial charge in [-0.3, -0.25) is 0 Å². The molecule has 0 aliphatic carbocycles. The molecule has 0 saturated heterocycles. The average Bonchev–Trinajstić information content (AvgIpc) is 2.51. The summed E-state index contributed by atoms with van der Waals surface area (Å²) in [5.41, 5.74) is 8.58. The van der Waals surface area contributed by atoms with Crippen molar-refractivity contribution in [3.05, 3.63) is 23.2 Å². The lowest BCUT2D eigenvalue weighted by atomic mass is 10.2. The van der Waals surface area contributed by atoms with E-state index >= 15 is 0 Å². The largest absolute Gasteiger partial charge is 0.478 e. The van der Waals surface area contributed by atoms with Gasteiger partial charge in [0, 0.05) is 0 Å². The molecule has 1 aromatic carbocycles. The monoisotopic (exact) mass is 194 g/mol. The number of nitrogens with two attached hydrogens (primary N) is 1. The topological polar surface area (TPSA) is 76.2 Å². The molecule has 0 aliphatic rings. The van der Waals surface area contributed by atoms with Gasteiger partial charge in [-0.25, -0.2) is 9.78 Å². The van der Waals surface area contributed by atoms with Crippen LogP contribution in [0.15, 0.2) is 17.6 Å². The van der Waals surface area contributed by atoms with E-state index in [-0.39, 0.29) is 5.56 Å². The maximum absolute atomic E-state index is 10.6. The van der Waals surface area contributed by atoms with Crippen LogP contribution >= 0.6 is 11.3 Å². The summed E-state index contributed by atoms with van der Waals surface area (Å²) < 4.78 is 0.838. The Kier molecular flexibility index (Phi) is 1.66. The number of aromatic carboxylic acids is 1. The van der Waals surface area contributed by atoms with Crippen molar-refractivity contribution in [1.29, 1.82) is 0 Å². The molecular formula is C8H6N2O2S. The third kappa shape index (κ3) is 1.23. The lowest BCUT2D eigenvalue weighted by molar-refractivity contribution is 0.0697. The first-order chi connectivity index (χ1) is 6.18. The molecule has 2 aromatic rings. The second-order valence-corrected chi connectivity index (χ2v) is 3.43. The fraction of sp³-hybridized carbons (Fsp3) is 0. The zero-order valence-corrected chi connectivity index (χ0v) is 7.34. The summed E-state index contributed by atoms with van der Waals surface area (Å²) in [6.45, 7) is 0. The van der Waals surface area contributed by atoms with Crippen molar-refractivity contribution in [3.63, 3.8) is 0 Å². The SMILES string of the molecule is Nc1cc(C(=O)O)cc2ncsc12. The number of carbonyl (C=O) groups is 1. The van der Waals surface area contributed by atoms with E-state index in [0.29, 0.717) is 11.2 Å². The molecule has 0 unspecified atom stereocenters. The molecule has 0 saturated carbocycles. The van der Waals surface area contributed by atoms with Gasteiger partial charge in [-0.05, 0) is 12.1 Å². The quantitative estimate of drug-likeness (QED) is 0.675. The van der Waals surface area contributed by atoms with Crippen LogP contribution in [-0.4, -0.2) is 16.1 Å². The molecule has 0 fully saturated rings. The van der Waals surface area contributed by atoms with Crippen LogP contribution in [0, 0.1) is 0 Å². The highest BCUT2D eigenvalue weighted by Gasteiger charge is 2.08. The van der Waals surface area contributed by atoms with E-state index in [1.807, 2.05) is 0 Å². The van der Waals surface area contributed by atoms with E-state index in [4.69, 9.17) is 10.8 Å². The summed E-state index contributed by atoms with van der Waals surface area (Å²) in [7, 11) is 0. The van der Waals surface area contributed by atoms with Crippen molar-refractivity contribution in [2.75, 3.05) is 5.73 Å². The molecule has 1 aromatic heterocycles. The van der Waals surface area contributed by atoms with E-state index in [0.717, 1.165) is 4.70 Å². The van der Waals surface area contributed by atoms with E-state index in [9.17, 15) is 4.79 Å². The van der Waals surface area contributed by atoms with Crippen LogP contribution < -0.4 is 5.73 Å². The molecule has 0 radical (unpaired) electrons. The van der Waals surface area contributed by atoms with E-state index in [2.05, 4.69) is 4.98 Å². The Hall–Kier alpha value is -1.62. The van der Waals surface area contributed by atoms with Crippen molar-refractivity contribution >= 4 is 33.2 Å². The fourth-order valence-corrected chi connectivity index (χ4v) is 1.82. The molecule has 0 bridgehead atoms. The Morgan fingerprint density at radius 2 is 2.31 bits per heavy atom. The Balaban J connectivity index is 2.77. The fourth-order valence-electron chi connectivity index (χ4n) is 1.12. The number of thiazole rings is 1. The number of hydrogen-bond acceptors (Lipinski definition) is 4. The van der Waals surface area contributed by atoms with Crippen molar-refractivity contribution in [1.82, 2.24) is 4.98 Å². The Morgan fingerprint density at radius 1 is 1.54 bits per heavy atom. The number of benzene rings is 1. The molecule has 13 heavy (non-hydrogen) atoms. The maximum Gasteiger partial charge on any atom is 0.335 e. The molecule has 2 rings (SSSR count). The van der Waals surface area contributed by atoms with Crippen LogP contribution in [0.2, 0.25) is 0 Å². The molecule has 3 N–H and O–H groups in total. The zero-order valence-electron chi connectivity index (χ0n) is 6.52. The molecule has 0 atom stereocenters. The Bertz CT molecular complexity index is 478. The van der Waals surface area contributed by atoms with Gasteiger partial charge in [0.15, 0.2) is 0 Å². The van der Waals surface area contributed by atoms with Crippen molar-refractivity contribution in [3.8, 4) is 0 Å². The van der Waals surface area contributed by atoms with Gasteiger partial charge in [-0.1, -0.05) is 0 Å². The van der Waals surface area contributed by atoms with E-state index < -0.39 is 5.97 Å². The van der Waals surface area contributed by atoms with Gasteiger partial charge >= 0.3 is 5.97 Å². The second kappa shape index (κ2) is 2.70. The molecule has 0 aliphatic heterocycles. The number of aromatic nitrogens is 1. The van der Waals surface area contributed by atoms with Gasteiger partial charge in [0.1, 0.15) is 0 Å². The van der Waals surface area contributed by atoms with Crippen molar-refractivity contribution in [2.24, 2.45) is 0 Å². The first-order valence-corrected chi connectivity index (χ1v) is 4.42. The standard InChI is InChI=1S/C8H6N2O2S/c9-5-1-4(8(11)12)2-6-7(5)13-3-10-6/h1-3H,9H2,(H,11,12). The van der Waals surface area contributed by atoms with Crippen LogP contribution in [0.5, 0.6) is 0 Å². The van der Waals surface area contributed by atoms with Crippen molar-refractivity contribution in [2.45, 2.75) is 0 Å². The summed E-state index contributed by atoms with van der Waals surface area (Å²) in [4.78, 5) is 14.6. The van der Waals surface area contributed by atoms with E-state index in [1.165, 1.54) is 23.5 Å². The second-order valence-electron chi connectivity index (χ2n) is 2.57. The lowest BCUT2D eigenvalue weighted by Crippen LogP contribution is -1.97. The molecule has 4 nitrogen and oxygen atoms in total. The number of hydrogen-bond donors (Lipinski definition) is 2. The summed E-state index contributed by atoms with van der Waals surface area (Å²) in [5, 5.41) is 8.73. The number of carboxylic acid groups (broad SMARTS) is 1. The predicted molar refractivity (Wildman–Crippen MR) is 51.0 cm³/mol. The lowest BCUT2D eigenvalue weighted by Gasteiger charge is -1.97. The van der Waals surface area contributed by atoms with Gasteiger partial charge in [-0.2, -0.15) is 0 Å². The normalized spacial score (nSPS) is 10.5. The van der Waals surface area contributed by atoms with E-state index in [1.54, 1.807) is 5.51 Å². The first-order valence-electron chi connectivity index (χ1n) is 3.54.